The summed E-state index contributed by atoms with van der Waals surface area (Å²) < 4.78 is 5.29. The number of fused-ring (bicyclic) bond motifs is 1. The van der Waals surface area contributed by atoms with Crippen LogP contribution in [-0.4, -0.2) is 5.16 Å². The zero-order chi connectivity index (χ0) is 11.2. The van der Waals surface area contributed by atoms with E-state index in [0.29, 0.717) is 0 Å². The molecule has 0 aliphatic carbocycles. The quantitative estimate of drug-likeness (QED) is 0.651. The predicted octanol–water partition coefficient (Wildman–Crippen LogP) is 3.74. The molecule has 0 saturated heterocycles. The minimum absolute atomic E-state index is 0.125. The number of hydrogen-bond donors (Lipinski definition) is 0. The molecule has 15 heavy (non-hydrogen) atoms. The monoisotopic (exact) mass is 203 g/mol. The highest BCUT2D eigenvalue weighted by Crippen LogP contribution is 2.34. The zero-order valence-corrected chi connectivity index (χ0v) is 10.0. The van der Waals surface area contributed by atoms with Gasteiger partial charge >= 0.3 is 0 Å². The van der Waals surface area contributed by atoms with E-state index in [9.17, 15) is 0 Å². The maximum atomic E-state index is 5.29. The van der Waals surface area contributed by atoms with Crippen molar-refractivity contribution in [2.24, 2.45) is 0 Å². The van der Waals surface area contributed by atoms with Crippen molar-refractivity contribution in [3.05, 3.63) is 29.0 Å². The Hall–Kier alpha value is -1.31. The molecule has 0 N–H and O–H groups in total. The van der Waals surface area contributed by atoms with Gasteiger partial charge in [-0.25, -0.2) is 0 Å². The van der Waals surface area contributed by atoms with Crippen LogP contribution in [0.15, 0.2) is 16.7 Å². The van der Waals surface area contributed by atoms with Gasteiger partial charge in [0, 0.05) is 5.39 Å². The highest BCUT2D eigenvalue weighted by molar-refractivity contribution is 5.85. The zero-order valence-electron chi connectivity index (χ0n) is 10.0. The largest absolute Gasteiger partial charge is 0.356 e. The van der Waals surface area contributed by atoms with E-state index in [0.717, 1.165) is 11.3 Å². The van der Waals surface area contributed by atoms with Crippen LogP contribution in [0, 0.1) is 13.8 Å². The molecule has 1 aromatic heterocycles. The summed E-state index contributed by atoms with van der Waals surface area (Å²) in [7, 11) is 0. The van der Waals surface area contributed by atoms with Crippen molar-refractivity contribution >= 4 is 11.0 Å². The second-order valence-electron chi connectivity index (χ2n) is 5.15. The van der Waals surface area contributed by atoms with Gasteiger partial charge in [0.25, 0.3) is 0 Å². The average molecular weight is 203 g/mol. The van der Waals surface area contributed by atoms with E-state index in [-0.39, 0.29) is 5.41 Å². The van der Waals surface area contributed by atoms with E-state index < -0.39 is 0 Å². The van der Waals surface area contributed by atoms with Crippen LogP contribution in [-0.2, 0) is 5.41 Å². The lowest BCUT2D eigenvalue weighted by Crippen LogP contribution is -2.13. The van der Waals surface area contributed by atoms with Gasteiger partial charge in [0.1, 0.15) is 0 Å². The number of benzene rings is 1. The molecule has 2 heteroatoms. The molecule has 0 fully saturated rings. The maximum Gasteiger partial charge on any atom is 0.167 e. The molecule has 0 radical (unpaired) electrons. The van der Waals surface area contributed by atoms with Crippen LogP contribution in [0.25, 0.3) is 11.0 Å². The molecule has 2 nitrogen and oxygen atoms in total. The van der Waals surface area contributed by atoms with Crippen molar-refractivity contribution in [3.8, 4) is 0 Å². The first-order chi connectivity index (χ1) is 6.91. The lowest BCUT2D eigenvalue weighted by atomic mass is 9.81. The molecule has 0 saturated carbocycles. The van der Waals surface area contributed by atoms with Gasteiger partial charge in [-0.05, 0) is 36.5 Å². The van der Waals surface area contributed by atoms with Crippen LogP contribution in [0.4, 0.5) is 0 Å². The van der Waals surface area contributed by atoms with Crippen LogP contribution in [0.5, 0.6) is 0 Å². The van der Waals surface area contributed by atoms with Crippen molar-refractivity contribution in [1.82, 2.24) is 5.16 Å². The third-order valence-corrected chi connectivity index (χ3v) is 2.77. The smallest absolute Gasteiger partial charge is 0.167 e. The van der Waals surface area contributed by atoms with E-state index in [1.54, 1.807) is 0 Å². The van der Waals surface area contributed by atoms with Crippen LogP contribution in [0.1, 0.15) is 37.6 Å². The van der Waals surface area contributed by atoms with Gasteiger partial charge in [-0.15, -0.1) is 0 Å². The van der Waals surface area contributed by atoms with Gasteiger partial charge in [0.2, 0.25) is 0 Å². The van der Waals surface area contributed by atoms with E-state index >= 15 is 0 Å². The maximum absolute atomic E-state index is 5.29. The minimum atomic E-state index is 0.125. The number of rotatable bonds is 0. The molecular formula is C13H17NO. The summed E-state index contributed by atoms with van der Waals surface area (Å²) in [6, 6.07) is 4.10. The number of nitrogens with zero attached hydrogens (tertiary/aromatic N) is 1. The third-order valence-electron chi connectivity index (χ3n) is 2.77. The lowest BCUT2D eigenvalue weighted by molar-refractivity contribution is 0.450. The first-order valence-electron chi connectivity index (χ1n) is 5.27. The Bertz CT molecular complexity index is 503. The van der Waals surface area contributed by atoms with Gasteiger partial charge in [0.05, 0.1) is 5.69 Å². The lowest BCUT2D eigenvalue weighted by Gasteiger charge is -2.22. The van der Waals surface area contributed by atoms with Crippen LogP contribution in [0.3, 0.4) is 0 Å². The topological polar surface area (TPSA) is 26.0 Å². The molecule has 0 bridgehead atoms. The molecular weight excluding hydrogens is 186 g/mol. The highest BCUT2D eigenvalue weighted by Gasteiger charge is 2.22. The molecule has 0 amide bonds. The highest BCUT2D eigenvalue weighted by atomic mass is 16.5. The summed E-state index contributed by atoms with van der Waals surface area (Å²) in [6.45, 7) is 10.8. The normalized spacial score (nSPS) is 12.3. The summed E-state index contributed by atoms with van der Waals surface area (Å²) in [6.07, 6.45) is 0. The fraction of sp³-hybridized carbons (Fsp3) is 0.462. The minimum Gasteiger partial charge on any atom is -0.356 e. The number of aromatic nitrogens is 1. The fourth-order valence-corrected chi connectivity index (χ4v) is 2.25. The Morgan fingerprint density at radius 1 is 1.13 bits per heavy atom. The number of aryl methyl sites for hydroxylation is 2. The first kappa shape index (κ1) is 10.2. The van der Waals surface area contributed by atoms with Gasteiger partial charge in [-0.1, -0.05) is 32.0 Å². The Kier molecular flexibility index (Phi) is 2.10. The summed E-state index contributed by atoms with van der Waals surface area (Å²) in [4.78, 5) is 0. The molecule has 2 aromatic rings. The van der Waals surface area contributed by atoms with Crippen molar-refractivity contribution in [3.63, 3.8) is 0 Å². The molecule has 1 heterocycles. The van der Waals surface area contributed by atoms with Gasteiger partial charge in [-0.2, -0.15) is 0 Å². The van der Waals surface area contributed by atoms with Crippen molar-refractivity contribution in [1.29, 1.82) is 0 Å². The summed E-state index contributed by atoms with van der Waals surface area (Å²) in [5, 5.41) is 5.22. The molecule has 2 rings (SSSR count). The Labute approximate surface area is 90.3 Å². The van der Waals surface area contributed by atoms with Gasteiger partial charge in [-0.3, -0.25) is 0 Å². The van der Waals surface area contributed by atoms with Crippen LogP contribution < -0.4 is 0 Å². The van der Waals surface area contributed by atoms with Gasteiger partial charge in [0.15, 0.2) is 5.58 Å². The molecule has 0 atom stereocenters. The van der Waals surface area contributed by atoms with Crippen LogP contribution >= 0.6 is 0 Å². The Morgan fingerprint density at radius 3 is 2.40 bits per heavy atom. The first-order valence-corrected chi connectivity index (χ1v) is 5.27. The van der Waals surface area contributed by atoms with Gasteiger partial charge < -0.3 is 4.52 Å². The molecule has 0 spiro atoms. The summed E-state index contributed by atoms with van der Waals surface area (Å²) in [5.74, 6) is 0. The van der Waals surface area contributed by atoms with E-state index in [1.807, 2.05) is 13.0 Å². The molecule has 0 aliphatic heterocycles. The molecule has 0 aliphatic rings. The second-order valence-corrected chi connectivity index (χ2v) is 5.15. The Morgan fingerprint density at radius 2 is 1.80 bits per heavy atom. The predicted molar refractivity (Wildman–Crippen MR) is 62.2 cm³/mol. The van der Waals surface area contributed by atoms with Crippen molar-refractivity contribution < 1.29 is 4.52 Å². The fourth-order valence-electron chi connectivity index (χ4n) is 2.25. The summed E-state index contributed by atoms with van der Waals surface area (Å²) >= 11 is 0. The van der Waals surface area contributed by atoms with E-state index in [4.69, 9.17) is 4.52 Å². The molecule has 80 valence electrons. The summed E-state index contributed by atoms with van der Waals surface area (Å²) in [5.41, 5.74) is 4.65. The van der Waals surface area contributed by atoms with E-state index in [2.05, 4.69) is 38.9 Å². The van der Waals surface area contributed by atoms with Crippen molar-refractivity contribution in [2.75, 3.05) is 0 Å². The Balaban J connectivity index is 2.90. The SMILES string of the molecule is Cc1ccc2onc(C)c2c1C(C)(C)C. The third kappa shape index (κ3) is 1.54. The second kappa shape index (κ2) is 3.09. The standard InChI is InChI=1S/C13H17NO/c1-8-6-7-10-11(9(2)14-15-10)12(8)13(3,4)5/h6-7H,1-5H3. The molecule has 0 unspecified atom stereocenters. The average Bonchev–Trinajstić information content (AvgIpc) is 2.46. The van der Waals surface area contributed by atoms with E-state index in [1.165, 1.54) is 16.5 Å². The molecule has 1 aromatic carbocycles. The van der Waals surface area contributed by atoms with Crippen molar-refractivity contribution in [2.45, 2.75) is 40.0 Å². The van der Waals surface area contributed by atoms with Crippen LogP contribution in [0.2, 0.25) is 0 Å². The number of hydrogen-bond acceptors (Lipinski definition) is 2.